The molecule has 4 rings (SSSR count). The van der Waals surface area contributed by atoms with Gasteiger partial charge >= 0.3 is 0 Å². The minimum atomic E-state index is 0.232. The van der Waals surface area contributed by atoms with Crippen molar-refractivity contribution in [1.82, 2.24) is 14.9 Å². The molecule has 3 aliphatic rings. The van der Waals surface area contributed by atoms with Crippen LogP contribution in [0.5, 0.6) is 0 Å². The van der Waals surface area contributed by atoms with Gasteiger partial charge < -0.3 is 14.5 Å². The molecule has 1 spiro atoms. The van der Waals surface area contributed by atoms with E-state index in [1.54, 1.807) is 12.4 Å². The number of hydrogen-bond acceptors (Lipinski definition) is 5. The number of piperidine rings is 2. The minimum absolute atomic E-state index is 0.232. The summed E-state index contributed by atoms with van der Waals surface area (Å²) in [6, 6.07) is 0.369. The Morgan fingerprint density at radius 2 is 2.09 bits per heavy atom. The second-order valence-electron chi connectivity index (χ2n) is 7.11. The van der Waals surface area contributed by atoms with Gasteiger partial charge in [-0.25, -0.2) is 4.98 Å². The zero-order valence-electron chi connectivity index (χ0n) is 13.5. The van der Waals surface area contributed by atoms with Gasteiger partial charge in [0.1, 0.15) is 5.82 Å². The number of carbonyl (C=O) groups is 1. The Balaban J connectivity index is 1.40. The fraction of sp³-hybridized carbons (Fsp3) is 0.706. The molecule has 3 fully saturated rings. The molecule has 0 aromatic carbocycles. The van der Waals surface area contributed by atoms with Crippen LogP contribution in [0.3, 0.4) is 0 Å². The first-order chi connectivity index (χ1) is 11.3. The van der Waals surface area contributed by atoms with Crippen LogP contribution < -0.4 is 4.90 Å². The number of aromatic nitrogens is 2. The molecule has 1 aromatic rings. The van der Waals surface area contributed by atoms with Gasteiger partial charge in [0, 0.05) is 56.5 Å². The van der Waals surface area contributed by atoms with E-state index in [2.05, 4.69) is 19.8 Å². The Morgan fingerprint density at radius 1 is 1.22 bits per heavy atom. The summed E-state index contributed by atoms with van der Waals surface area (Å²) in [6.07, 6.45) is 10.1. The number of hydrogen-bond donors (Lipinski definition) is 0. The van der Waals surface area contributed by atoms with Crippen molar-refractivity contribution in [3.63, 3.8) is 0 Å². The maximum absolute atomic E-state index is 12.4. The molecule has 3 saturated heterocycles. The summed E-state index contributed by atoms with van der Waals surface area (Å²) in [4.78, 5) is 25.4. The monoisotopic (exact) mass is 316 g/mol. The van der Waals surface area contributed by atoms with Crippen LogP contribution in [0.4, 0.5) is 5.82 Å². The highest BCUT2D eigenvalue weighted by Gasteiger charge is 2.43. The third-order valence-electron chi connectivity index (χ3n) is 5.66. The molecule has 3 aliphatic heterocycles. The molecule has 0 unspecified atom stereocenters. The Bertz CT molecular complexity index is 551. The van der Waals surface area contributed by atoms with Crippen LogP contribution in [-0.2, 0) is 9.53 Å². The van der Waals surface area contributed by atoms with Crippen LogP contribution >= 0.6 is 0 Å². The average Bonchev–Trinajstić information content (AvgIpc) is 3.07. The molecule has 1 aromatic heterocycles. The van der Waals surface area contributed by atoms with Crippen molar-refractivity contribution in [3.8, 4) is 0 Å². The summed E-state index contributed by atoms with van der Waals surface area (Å²) in [5.41, 5.74) is 0.232. The molecule has 23 heavy (non-hydrogen) atoms. The predicted octanol–water partition coefficient (Wildman–Crippen LogP) is 1.47. The van der Waals surface area contributed by atoms with Crippen molar-refractivity contribution < 1.29 is 9.53 Å². The average molecular weight is 316 g/mol. The molecule has 0 N–H and O–H groups in total. The van der Waals surface area contributed by atoms with Gasteiger partial charge in [-0.3, -0.25) is 9.78 Å². The topological polar surface area (TPSA) is 58.6 Å². The fourth-order valence-corrected chi connectivity index (χ4v) is 4.21. The summed E-state index contributed by atoms with van der Waals surface area (Å²) < 4.78 is 5.62. The maximum Gasteiger partial charge on any atom is 0.222 e. The van der Waals surface area contributed by atoms with Crippen LogP contribution in [0, 0.1) is 5.41 Å². The third-order valence-corrected chi connectivity index (χ3v) is 5.66. The molecule has 0 saturated carbocycles. The van der Waals surface area contributed by atoms with E-state index in [1.807, 2.05) is 6.20 Å². The number of likely N-dealkylation sites (tertiary alicyclic amines) is 1. The van der Waals surface area contributed by atoms with Crippen molar-refractivity contribution in [2.45, 2.75) is 38.1 Å². The largest absolute Gasteiger partial charge is 0.381 e. The normalized spacial score (nSPS) is 29.5. The quantitative estimate of drug-likeness (QED) is 0.827. The van der Waals surface area contributed by atoms with Gasteiger partial charge in [-0.2, -0.15) is 0 Å². The molecule has 0 bridgehead atoms. The first-order valence-electron chi connectivity index (χ1n) is 8.64. The number of ether oxygens (including phenoxy) is 1. The lowest BCUT2D eigenvalue weighted by Gasteiger charge is -2.45. The van der Waals surface area contributed by atoms with Crippen molar-refractivity contribution in [3.05, 3.63) is 18.6 Å². The third kappa shape index (κ3) is 2.92. The van der Waals surface area contributed by atoms with E-state index in [9.17, 15) is 4.79 Å². The van der Waals surface area contributed by atoms with Gasteiger partial charge in [0.15, 0.2) is 0 Å². The standard InChI is InChI=1S/C17H24N4O2/c22-16-1-4-17(5-10-23-13-17)12-21(16)14-2-8-20(9-3-14)15-11-18-6-7-19-15/h6-7,11,14H,1-5,8-10,12-13H2/t17-/m1/s1. The second-order valence-corrected chi connectivity index (χ2v) is 7.11. The molecular weight excluding hydrogens is 292 g/mol. The summed E-state index contributed by atoms with van der Waals surface area (Å²) in [5, 5.41) is 0. The lowest BCUT2D eigenvalue weighted by molar-refractivity contribution is -0.141. The highest BCUT2D eigenvalue weighted by Crippen LogP contribution is 2.39. The Kier molecular flexibility index (Phi) is 3.93. The number of anilines is 1. The van der Waals surface area contributed by atoms with E-state index < -0.39 is 0 Å². The maximum atomic E-state index is 12.4. The van der Waals surface area contributed by atoms with E-state index in [1.165, 1.54) is 0 Å². The van der Waals surface area contributed by atoms with Gasteiger partial charge in [0.25, 0.3) is 0 Å². The van der Waals surface area contributed by atoms with Gasteiger partial charge in [0.2, 0.25) is 5.91 Å². The highest BCUT2D eigenvalue weighted by molar-refractivity contribution is 5.77. The molecule has 6 heteroatoms. The molecule has 1 atom stereocenters. The van der Waals surface area contributed by atoms with Crippen molar-refractivity contribution in [2.24, 2.45) is 5.41 Å². The molecule has 6 nitrogen and oxygen atoms in total. The van der Waals surface area contributed by atoms with Crippen molar-refractivity contribution in [1.29, 1.82) is 0 Å². The van der Waals surface area contributed by atoms with Gasteiger partial charge in [0.05, 0.1) is 12.8 Å². The first kappa shape index (κ1) is 14.9. The van der Waals surface area contributed by atoms with E-state index in [4.69, 9.17) is 4.74 Å². The molecule has 0 radical (unpaired) electrons. The highest BCUT2D eigenvalue weighted by atomic mass is 16.5. The molecular formula is C17H24N4O2. The molecule has 4 heterocycles. The molecule has 124 valence electrons. The number of amides is 1. The zero-order valence-corrected chi connectivity index (χ0v) is 13.5. The SMILES string of the molecule is O=C1CC[C@@]2(CCOC2)CN1C1CCN(c2cnccn2)CC1. The number of nitrogens with zero attached hydrogens (tertiary/aromatic N) is 4. The van der Waals surface area contributed by atoms with E-state index in [-0.39, 0.29) is 5.41 Å². The lowest BCUT2D eigenvalue weighted by atomic mass is 9.78. The molecule has 1 amide bonds. The van der Waals surface area contributed by atoms with Gasteiger partial charge in [-0.05, 0) is 25.7 Å². The van der Waals surface area contributed by atoms with E-state index in [0.29, 0.717) is 18.4 Å². The van der Waals surface area contributed by atoms with Crippen LogP contribution in [0.15, 0.2) is 18.6 Å². The number of carbonyl (C=O) groups excluding carboxylic acids is 1. The Morgan fingerprint density at radius 3 is 2.78 bits per heavy atom. The molecule has 0 aliphatic carbocycles. The second kappa shape index (κ2) is 6.07. The summed E-state index contributed by atoms with van der Waals surface area (Å²) in [6.45, 7) is 4.46. The van der Waals surface area contributed by atoms with Crippen LogP contribution in [-0.4, -0.2) is 59.7 Å². The summed E-state index contributed by atoms with van der Waals surface area (Å²) >= 11 is 0. The summed E-state index contributed by atoms with van der Waals surface area (Å²) in [7, 11) is 0. The predicted molar refractivity (Wildman–Crippen MR) is 86.1 cm³/mol. The smallest absolute Gasteiger partial charge is 0.222 e. The van der Waals surface area contributed by atoms with E-state index >= 15 is 0 Å². The van der Waals surface area contributed by atoms with E-state index in [0.717, 1.165) is 64.3 Å². The van der Waals surface area contributed by atoms with Crippen molar-refractivity contribution >= 4 is 11.7 Å². The number of rotatable bonds is 2. The Labute approximate surface area is 136 Å². The lowest BCUT2D eigenvalue weighted by Crippen LogP contribution is -2.54. The van der Waals surface area contributed by atoms with Gasteiger partial charge in [-0.15, -0.1) is 0 Å². The van der Waals surface area contributed by atoms with Crippen LogP contribution in [0.25, 0.3) is 0 Å². The van der Waals surface area contributed by atoms with Crippen LogP contribution in [0.1, 0.15) is 32.1 Å². The first-order valence-corrected chi connectivity index (χ1v) is 8.64. The minimum Gasteiger partial charge on any atom is -0.381 e. The Hall–Kier alpha value is -1.69. The summed E-state index contributed by atoms with van der Waals surface area (Å²) in [5.74, 6) is 1.28. The zero-order chi connectivity index (χ0) is 15.7. The van der Waals surface area contributed by atoms with Gasteiger partial charge in [-0.1, -0.05) is 0 Å². The van der Waals surface area contributed by atoms with Crippen LogP contribution in [0.2, 0.25) is 0 Å². The fourth-order valence-electron chi connectivity index (χ4n) is 4.21. The van der Waals surface area contributed by atoms with Crippen molar-refractivity contribution in [2.75, 3.05) is 37.7 Å².